The van der Waals surface area contributed by atoms with Crippen LogP contribution in [0, 0.1) is 11.6 Å². The minimum Gasteiger partial charge on any atom is -0.484 e. The lowest BCUT2D eigenvalue weighted by Gasteiger charge is -2.28. The molecule has 4 aromatic rings. The Labute approximate surface area is 253 Å². The Morgan fingerprint density at radius 2 is 1.40 bits per heavy atom. The second-order valence-corrected chi connectivity index (χ2v) is 11.7. The van der Waals surface area contributed by atoms with Gasteiger partial charge in [0.2, 0.25) is 5.91 Å². The normalized spacial score (nSPS) is 11.8. The molecule has 1 atom stereocenters. The number of anilines is 1. The average Bonchev–Trinajstić information content (AvgIpc) is 3.00. The minimum atomic E-state index is -3.95. The van der Waals surface area contributed by atoms with E-state index in [0.717, 1.165) is 17.7 Å². The highest BCUT2D eigenvalue weighted by Gasteiger charge is 2.26. The zero-order valence-electron chi connectivity index (χ0n) is 23.0. The predicted molar refractivity (Wildman–Crippen MR) is 159 cm³/mol. The molecule has 43 heavy (non-hydrogen) atoms. The van der Waals surface area contributed by atoms with Gasteiger partial charge >= 0.3 is 0 Å². The lowest BCUT2D eigenvalue weighted by atomic mass is 10.1. The van der Waals surface area contributed by atoms with Gasteiger partial charge in [-0.05, 0) is 90.8 Å². The van der Waals surface area contributed by atoms with Gasteiger partial charge in [-0.3, -0.25) is 14.3 Å². The highest BCUT2D eigenvalue weighted by atomic mass is 35.5. The molecule has 0 bridgehead atoms. The second-order valence-electron chi connectivity index (χ2n) is 9.54. The molecule has 0 fully saturated rings. The van der Waals surface area contributed by atoms with Crippen molar-refractivity contribution in [3.8, 4) is 5.75 Å². The molecule has 4 rings (SSSR count). The number of sulfonamides is 1. The van der Waals surface area contributed by atoms with E-state index in [9.17, 15) is 26.8 Å². The molecule has 0 heterocycles. The maximum atomic E-state index is 13.5. The summed E-state index contributed by atoms with van der Waals surface area (Å²) in [7, 11) is -3.95. The van der Waals surface area contributed by atoms with Gasteiger partial charge in [0.1, 0.15) is 23.4 Å². The number of nitrogens with one attached hydrogen (secondary N) is 2. The SMILES string of the molecule is CC(C(=O)NCc1ccc(Cl)cc1)N(Cc1ccc(F)cc1)C(=O)COc1ccc(S(=O)(=O)Nc2ccc(F)cc2)cc1. The van der Waals surface area contributed by atoms with Crippen molar-refractivity contribution in [3.05, 3.63) is 125 Å². The molecule has 12 heteroatoms. The first-order valence-electron chi connectivity index (χ1n) is 13.1. The topological polar surface area (TPSA) is 105 Å². The maximum absolute atomic E-state index is 13.5. The van der Waals surface area contributed by atoms with E-state index in [2.05, 4.69) is 10.0 Å². The number of benzene rings is 4. The van der Waals surface area contributed by atoms with E-state index >= 15 is 0 Å². The highest BCUT2D eigenvalue weighted by molar-refractivity contribution is 7.92. The summed E-state index contributed by atoms with van der Waals surface area (Å²) in [4.78, 5) is 27.6. The van der Waals surface area contributed by atoms with E-state index < -0.39 is 46.1 Å². The Hall–Kier alpha value is -4.48. The molecule has 0 saturated heterocycles. The van der Waals surface area contributed by atoms with Crippen LogP contribution in [0.3, 0.4) is 0 Å². The van der Waals surface area contributed by atoms with E-state index in [1.54, 1.807) is 31.2 Å². The average molecular weight is 628 g/mol. The summed E-state index contributed by atoms with van der Waals surface area (Å²) in [5, 5.41) is 3.37. The number of carbonyl (C=O) groups is 2. The zero-order chi connectivity index (χ0) is 31.0. The van der Waals surface area contributed by atoms with Crippen LogP contribution < -0.4 is 14.8 Å². The van der Waals surface area contributed by atoms with Gasteiger partial charge in [0.15, 0.2) is 6.61 Å². The summed E-state index contributed by atoms with van der Waals surface area (Å²) in [6, 6.07) is 21.9. The quantitative estimate of drug-likeness (QED) is 0.215. The molecule has 0 spiro atoms. The standard InChI is InChI=1S/C31H28ClF2N3O5S/c1-21(31(39)35-18-22-2-6-24(32)7-3-22)37(19-23-4-8-25(33)9-5-23)30(38)20-42-28-14-16-29(17-15-28)43(40,41)36-27-12-10-26(34)11-13-27/h2-17,21,36H,18-20H2,1H3,(H,35,39). The predicted octanol–water partition coefficient (Wildman–Crippen LogP) is 5.53. The number of hydrogen-bond acceptors (Lipinski definition) is 5. The Bertz CT molecular complexity index is 1650. The van der Waals surface area contributed by atoms with E-state index in [-0.39, 0.29) is 29.4 Å². The summed E-state index contributed by atoms with van der Waals surface area (Å²) in [5.41, 5.74) is 1.62. The number of ether oxygens (including phenoxy) is 1. The van der Waals surface area contributed by atoms with Crippen molar-refractivity contribution in [1.29, 1.82) is 0 Å². The summed E-state index contributed by atoms with van der Waals surface area (Å²) in [6.45, 7) is 1.37. The van der Waals surface area contributed by atoms with Gasteiger partial charge < -0.3 is 15.0 Å². The van der Waals surface area contributed by atoms with Gasteiger partial charge in [0.05, 0.1) is 4.90 Å². The van der Waals surface area contributed by atoms with Gasteiger partial charge in [-0.15, -0.1) is 0 Å². The Kier molecular flexibility index (Phi) is 10.3. The second kappa shape index (κ2) is 14.1. The van der Waals surface area contributed by atoms with Crippen molar-refractivity contribution in [1.82, 2.24) is 10.2 Å². The fourth-order valence-corrected chi connectivity index (χ4v) is 5.17. The first-order valence-corrected chi connectivity index (χ1v) is 14.9. The molecule has 0 aliphatic rings. The molecular formula is C31H28ClF2N3O5S. The summed E-state index contributed by atoms with van der Waals surface area (Å²) >= 11 is 5.92. The van der Waals surface area contributed by atoms with E-state index in [1.807, 2.05) is 0 Å². The molecule has 0 aliphatic heterocycles. The van der Waals surface area contributed by atoms with Crippen LogP contribution in [0.2, 0.25) is 5.02 Å². The summed E-state index contributed by atoms with van der Waals surface area (Å²) < 4.78 is 59.9. The van der Waals surface area contributed by atoms with Crippen molar-refractivity contribution in [2.45, 2.75) is 31.0 Å². The largest absolute Gasteiger partial charge is 0.484 e. The molecule has 4 aromatic carbocycles. The van der Waals surface area contributed by atoms with Crippen molar-refractivity contribution in [2.24, 2.45) is 0 Å². The smallest absolute Gasteiger partial charge is 0.261 e. The Morgan fingerprint density at radius 1 is 0.837 bits per heavy atom. The monoisotopic (exact) mass is 627 g/mol. The number of halogens is 3. The summed E-state index contributed by atoms with van der Waals surface area (Å²) in [6.07, 6.45) is 0. The van der Waals surface area contributed by atoms with E-state index in [0.29, 0.717) is 10.6 Å². The van der Waals surface area contributed by atoms with Crippen LogP contribution in [0.25, 0.3) is 0 Å². The minimum absolute atomic E-state index is 0.0181. The molecular weight excluding hydrogens is 600 g/mol. The van der Waals surface area contributed by atoms with Crippen LogP contribution in [-0.4, -0.2) is 37.8 Å². The molecule has 0 radical (unpaired) electrons. The first-order chi connectivity index (χ1) is 20.5. The van der Waals surface area contributed by atoms with Crippen LogP contribution in [0.15, 0.2) is 102 Å². The van der Waals surface area contributed by atoms with E-state index in [4.69, 9.17) is 16.3 Å². The number of amides is 2. The maximum Gasteiger partial charge on any atom is 0.261 e. The fourth-order valence-electron chi connectivity index (χ4n) is 3.98. The third-order valence-electron chi connectivity index (χ3n) is 6.41. The van der Waals surface area contributed by atoms with Crippen molar-refractivity contribution < 1.29 is 31.5 Å². The van der Waals surface area contributed by atoms with Crippen molar-refractivity contribution >= 4 is 39.1 Å². The van der Waals surface area contributed by atoms with Crippen LogP contribution in [-0.2, 0) is 32.7 Å². The van der Waals surface area contributed by atoms with Gasteiger partial charge in [0, 0.05) is 23.8 Å². The number of hydrogen-bond donors (Lipinski definition) is 2. The van der Waals surface area contributed by atoms with Gasteiger partial charge in [-0.2, -0.15) is 0 Å². The van der Waals surface area contributed by atoms with Crippen molar-refractivity contribution in [2.75, 3.05) is 11.3 Å². The molecule has 8 nitrogen and oxygen atoms in total. The molecule has 0 saturated carbocycles. The molecule has 0 aliphatic carbocycles. The van der Waals surface area contributed by atoms with Crippen LogP contribution in [0.1, 0.15) is 18.1 Å². The number of carbonyl (C=O) groups excluding carboxylic acids is 2. The van der Waals surface area contributed by atoms with Gasteiger partial charge in [-0.1, -0.05) is 35.9 Å². The Balaban J connectivity index is 1.41. The molecule has 2 amide bonds. The van der Waals surface area contributed by atoms with E-state index in [1.165, 1.54) is 65.6 Å². The van der Waals surface area contributed by atoms with Crippen molar-refractivity contribution in [3.63, 3.8) is 0 Å². The Morgan fingerprint density at radius 3 is 2.00 bits per heavy atom. The molecule has 224 valence electrons. The zero-order valence-corrected chi connectivity index (χ0v) is 24.5. The van der Waals surface area contributed by atoms with Gasteiger partial charge in [-0.25, -0.2) is 17.2 Å². The third-order valence-corrected chi connectivity index (χ3v) is 8.06. The molecule has 2 N–H and O–H groups in total. The van der Waals surface area contributed by atoms with Crippen LogP contribution in [0.5, 0.6) is 5.75 Å². The van der Waals surface area contributed by atoms with Crippen LogP contribution >= 0.6 is 11.6 Å². The third kappa shape index (κ3) is 9.00. The first kappa shape index (κ1) is 31.5. The molecule has 1 unspecified atom stereocenters. The van der Waals surface area contributed by atoms with Gasteiger partial charge in [0.25, 0.3) is 15.9 Å². The molecule has 0 aromatic heterocycles. The fraction of sp³-hybridized carbons (Fsp3) is 0.161. The lowest BCUT2D eigenvalue weighted by Crippen LogP contribution is -2.48. The summed E-state index contributed by atoms with van der Waals surface area (Å²) in [5.74, 6) is -1.64. The highest BCUT2D eigenvalue weighted by Crippen LogP contribution is 2.20. The number of rotatable bonds is 12. The van der Waals surface area contributed by atoms with Crippen LogP contribution in [0.4, 0.5) is 14.5 Å². The number of nitrogens with zero attached hydrogens (tertiary/aromatic N) is 1. The lowest BCUT2D eigenvalue weighted by molar-refractivity contribution is -0.142.